The zero-order valence-electron chi connectivity index (χ0n) is 15.5. The van der Waals surface area contributed by atoms with Crippen LogP contribution in [-0.2, 0) is 4.79 Å². The molecule has 5 aliphatic rings. The number of likely N-dealkylation sites (tertiary alicyclic amines) is 1. The van der Waals surface area contributed by atoms with E-state index < -0.39 is 0 Å². The van der Waals surface area contributed by atoms with Gasteiger partial charge in [-0.3, -0.25) is 4.79 Å². The molecule has 0 aromatic carbocycles. The van der Waals surface area contributed by atoms with E-state index in [0.29, 0.717) is 5.78 Å². The lowest BCUT2D eigenvalue weighted by Crippen LogP contribution is -2.50. The molecule has 7 atom stereocenters. The third-order valence-corrected chi connectivity index (χ3v) is 9.29. The van der Waals surface area contributed by atoms with Crippen LogP contribution in [0.1, 0.15) is 77.6 Å². The number of carbonyl (C=O) groups is 1. The first-order valence-corrected chi connectivity index (χ1v) is 10.9. The molecular weight excluding hydrogens is 294 g/mol. The fourth-order valence-electron chi connectivity index (χ4n) is 8.04. The van der Waals surface area contributed by atoms with Crippen molar-refractivity contribution < 1.29 is 4.79 Å². The molecule has 1 unspecified atom stereocenters. The topological polar surface area (TPSA) is 20.3 Å². The van der Waals surface area contributed by atoms with Crippen molar-refractivity contribution in [1.29, 1.82) is 0 Å². The van der Waals surface area contributed by atoms with Gasteiger partial charge in [0.15, 0.2) is 0 Å². The Morgan fingerprint density at radius 2 is 1.71 bits per heavy atom. The molecule has 5 rings (SSSR count). The smallest absolute Gasteiger partial charge is 0.139 e. The predicted octanol–water partition coefficient (Wildman–Crippen LogP) is 4.67. The van der Waals surface area contributed by atoms with Crippen LogP contribution >= 0.6 is 0 Å². The fraction of sp³-hybridized carbons (Fsp3) is 0.955. The molecule has 0 aromatic heterocycles. The van der Waals surface area contributed by atoms with Gasteiger partial charge in [0.2, 0.25) is 0 Å². The molecular formula is C22H35NO. The normalized spacial score (nSPS) is 52.0. The molecule has 2 heteroatoms. The van der Waals surface area contributed by atoms with Gasteiger partial charge in [0, 0.05) is 17.9 Å². The summed E-state index contributed by atoms with van der Waals surface area (Å²) in [7, 11) is 0. The summed E-state index contributed by atoms with van der Waals surface area (Å²) in [6, 6.07) is 0.909. The van der Waals surface area contributed by atoms with E-state index in [1.165, 1.54) is 77.3 Å². The number of fused-ring (bicyclic) bond motifs is 5. The van der Waals surface area contributed by atoms with E-state index in [2.05, 4.69) is 11.8 Å². The number of rotatable bonds is 1. The molecule has 24 heavy (non-hydrogen) atoms. The van der Waals surface area contributed by atoms with E-state index >= 15 is 0 Å². The van der Waals surface area contributed by atoms with Gasteiger partial charge in [-0.1, -0.05) is 6.92 Å². The lowest BCUT2D eigenvalue weighted by atomic mass is 9.50. The van der Waals surface area contributed by atoms with Crippen LogP contribution in [0.2, 0.25) is 0 Å². The van der Waals surface area contributed by atoms with Gasteiger partial charge in [0.05, 0.1) is 0 Å². The molecule has 0 spiro atoms. The van der Waals surface area contributed by atoms with Gasteiger partial charge >= 0.3 is 0 Å². The summed E-state index contributed by atoms with van der Waals surface area (Å²) >= 11 is 0. The third kappa shape index (κ3) is 2.27. The van der Waals surface area contributed by atoms with Crippen molar-refractivity contribution in [1.82, 2.24) is 4.90 Å². The molecule has 2 nitrogen and oxygen atoms in total. The summed E-state index contributed by atoms with van der Waals surface area (Å²) in [6.07, 6.45) is 14.9. The van der Waals surface area contributed by atoms with Crippen LogP contribution in [0, 0.1) is 35.0 Å². The molecule has 1 aliphatic heterocycles. The Morgan fingerprint density at radius 1 is 0.917 bits per heavy atom. The van der Waals surface area contributed by atoms with Crippen LogP contribution in [0.5, 0.6) is 0 Å². The largest absolute Gasteiger partial charge is 0.300 e. The van der Waals surface area contributed by atoms with Gasteiger partial charge in [0.1, 0.15) is 5.78 Å². The number of hydrogen-bond acceptors (Lipinski definition) is 2. The second-order valence-electron chi connectivity index (χ2n) is 10.1. The van der Waals surface area contributed by atoms with Crippen LogP contribution < -0.4 is 0 Å². The zero-order valence-corrected chi connectivity index (χ0v) is 15.5. The second-order valence-corrected chi connectivity index (χ2v) is 10.1. The standard InChI is InChI=1S/C22H35NO/c1-22-11-10-18-17-7-5-16(23-12-2-3-13-23)14-15(17)4-6-19(18)20(22)8-9-21(22)24/h15-20H,2-14H2,1H3/t15-,16-,17?,18+,19+,20-,22-/m0/s1. The van der Waals surface area contributed by atoms with Crippen LogP contribution in [0.3, 0.4) is 0 Å². The summed E-state index contributed by atoms with van der Waals surface area (Å²) in [5.41, 5.74) is 0.0702. The molecule has 0 radical (unpaired) electrons. The number of Topliss-reactive ketones (excluding diaryl/α,β-unsaturated/α-hetero) is 1. The lowest BCUT2D eigenvalue weighted by molar-refractivity contribution is -0.133. The maximum absolute atomic E-state index is 12.5. The fourth-order valence-corrected chi connectivity index (χ4v) is 8.04. The van der Waals surface area contributed by atoms with Crippen molar-refractivity contribution in [2.24, 2.45) is 35.0 Å². The zero-order chi connectivity index (χ0) is 16.3. The van der Waals surface area contributed by atoms with E-state index in [-0.39, 0.29) is 5.41 Å². The average molecular weight is 330 g/mol. The van der Waals surface area contributed by atoms with Crippen molar-refractivity contribution >= 4 is 5.78 Å². The first-order valence-electron chi connectivity index (χ1n) is 10.9. The van der Waals surface area contributed by atoms with Crippen LogP contribution in [0.4, 0.5) is 0 Å². The highest BCUT2D eigenvalue weighted by Crippen LogP contribution is 2.61. The number of nitrogens with zero attached hydrogens (tertiary/aromatic N) is 1. The molecule has 1 heterocycles. The summed E-state index contributed by atoms with van der Waals surface area (Å²) in [5.74, 6) is 5.20. The van der Waals surface area contributed by atoms with Crippen LogP contribution in [0.15, 0.2) is 0 Å². The summed E-state index contributed by atoms with van der Waals surface area (Å²) < 4.78 is 0. The molecule has 0 N–H and O–H groups in total. The Kier molecular flexibility index (Phi) is 3.85. The second kappa shape index (κ2) is 5.83. The number of carbonyl (C=O) groups excluding carboxylic acids is 1. The molecule has 1 saturated heterocycles. The van der Waals surface area contributed by atoms with Crippen LogP contribution in [0.25, 0.3) is 0 Å². The van der Waals surface area contributed by atoms with Crippen molar-refractivity contribution in [3.63, 3.8) is 0 Å². The van der Waals surface area contributed by atoms with Crippen molar-refractivity contribution in [2.45, 2.75) is 83.6 Å². The van der Waals surface area contributed by atoms with E-state index in [4.69, 9.17) is 0 Å². The predicted molar refractivity (Wildman–Crippen MR) is 96.7 cm³/mol. The Morgan fingerprint density at radius 3 is 2.54 bits per heavy atom. The minimum Gasteiger partial charge on any atom is -0.300 e. The molecule has 4 aliphatic carbocycles. The minimum atomic E-state index is 0.0702. The summed E-state index contributed by atoms with van der Waals surface area (Å²) in [4.78, 5) is 15.3. The molecule has 4 saturated carbocycles. The molecule has 0 amide bonds. The van der Waals surface area contributed by atoms with E-state index in [9.17, 15) is 4.79 Å². The number of ketones is 1. The quantitative estimate of drug-likeness (QED) is 0.696. The SMILES string of the molecule is C[C@]12CC[C@@H]3C4CC[C@H](N5CCCC5)C[C@@H]4CC[C@H]3[C@@H]1CCC2=O. The first kappa shape index (κ1) is 15.9. The molecule has 134 valence electrons. The van der Waals surface area contributed by atoms with Crippen LogP contribution in [-0.4, -0.2) is 29.8 Å². The van der Waals surface area contributed by atoms with Crippen molar-refractivity contribution in [3.8, 4) is 0 Å². The van der Waals surface area contributed by atoms with Gasteiger partial charge in [-0.05, 0) is 107 Å². The summed E-state index contributed by atoms with van der Waals surface area (Å²) in [5, 5.41) is 0. The molecule has 0 aromatic rings. The highest BCUT2D eigenvalue weighted by Gasteiger charge is 2.57. The Balaban J connectivity index is 1.31. The van der Waals surface area contributed by atoms with E-state index in [0.717, 1.165) is 42.1 Å². The van der Waals surface area contributed by atoms with Crippen molar-refractivity contribution in [2.75, 3.05) is 13.1 Å². The van der Waals surface area contributed by atoms with Gasteiger partial charge in [-0.25, -0.2) is 0 Å². The highest BCUT2D eigenvalue weighted by molar-refractivity contribution is 5.87. The first-order chi connectivity index (χ1) is 11.7. The van der Waals surface area contributed by atoms with E-state index in [1.54, 1.807) is 0 Å². The lowest BCUT2D eigenvalue weighted by Gasteiger charge is -2.55. The molecule has 0 bridgehead atoms. The van der Waals surface area contributed by atoms with Gasteiger partial charge in [-0.2, -0.15) is 0 Å². The Hall–Kier alpha value is -0.370. The summed E-state index contributed by atoms with van der Waals surface area (Å²) in [6.45, 7) is 5.06. The van der Waals surface area contributed by atoms with Gasteiger partial charge in [-0.15, -0.1) is 0 Å². The third-order valence-electron chi connectivity index (χ3n) is 9.29. The Bertz CT molecular complexity index is 510. The Labute approximate surface area is 147 Å². The van der Waals surface area contributed by atoms with Gasteiger partial charge < -0.3 is 4.90 Å². The minimum absolute atomic E-state index is 0.0702. The molecule has 5 fully saturated rings. The monoisotopic (exact) mass is 329 g/mol. The van der Waals surface area contributed by atoms with E-state index in [1.807, 2.05) is 0 Å². The maximum Gasteiger partial charge on any atom is 0.139 e. The highest BCUT2D eigenvalue weighted by atomic mass is 16.1. The maximum atomic E-state index is 12.5. The number of hydrogen-bond donors (Lipinski definition) is 0. The van der Waals surface area contributed by atoms with Crippen molar-refractivity contribution in [3.05, 3.63) is 0 Å². The average Bonchev–Trinajstić information content (AvgIpc) is 3.23. The van der Waals surface area contributed by atoms with Gasteiger partial charge in [0.25, 0.3) is 0 Å².